The number of carbonyl (C=O) groups excluding carboxylic acids is 2. The van der Waals surface area contributed by atoms with Gasteiger partial charge in [-0.1, -0.05) is 20.8 Å². The molecule has 1 aliphatic heterocycles. The lowest BCUT2D eigenvalue weighted by atomic mass is 9.91. The molecule has 0 amide bonds. The lowest BCUT2D eigenvalue weighted by molar-refractivity contribution is -0.129. The van der Waals surface area contributed by atoms with Crippen molar-refractivity contribution in [2.75, 3.05) is 40.0 Å². The molecular formula is C18H25NO7S. The third-order valence-corrected chi connectivity index (χ3v) is 6.06. The molecule has 0 aliphatic carbocycles. The Hall–Kier alpha value is -1.97. The third-order valence-electron chi connectivity index (χ3n) is 4.17. The van der Waals surface area contributed by atoms with Gasteiger partial charge in [-0.25, -0.2) is 13.2 Å². The Labute approximate surface area is 159 Å². The molecule has 27 heavy (non-hydrogen) atoms. The number of Topliss-reactive ketones (excluding diaryl/α,β-unsaturated/α-hetero) is 1. The Morgan fingerprint density at radius 1 is 1.19 bits per heavy atom. The fraction of sp³-hybridized carbons (Fsp3) is 0.556. The number of morpholine rings is 1. The van der Waals surface area contributed by atoms with Crippen LogP contribution < -0.4 is 4.74 Å². The first-order valence-corrected chi connectivity index (χ1v) is 9.97. The van der Waals surface area contributed by atoms with Crippen molar-refractivity contribution >= 4 is 21.8 Å². The van der Waals surface area contributed by atoms with E-state index in [0.29, 0.717) is 13.2 Å². The fourth-order valence-corrected chi connectivity index (χ4v) is 3.80. The highest BCUT2D eigenvalue weighted by atomic mass is 32.2. The van der Waals surface area contributed by atoms with Gasteiger partial charge in [-0.2, -0.15) is 4.31 Å². The van der Waals surface area contributed by atoms with Crippen LogP contribution >= 0.6 is 0 Å². The van der Waals surface area contributed by atoms with Crippen molar-refractivity contribution in [2.45, 2.75) is 25.7 Å². The molecule has 1 aromatic carbocycles. The topological polar surface area (TPSA) is 99.2 Å². The van der Waals surface area contributed by atoms with Crippen LogP contribution in [0.2, 0.25) is 0 Å². The molecule has 1 saturated heterocycles. The molecule has 1 aromatic rings. The second kappa shape index (κ2) is 8.37. The van der Waals surface area contributed by atoms with Gasteiger partial charge in [0.1, 0.15) is 11.3 Å². The number of benzene rings is 1. The van der Waals surface area contributed by atoms with Gasteiger partial charge in [0, 0.05) is 18.5 Å². The second-order valence-electron chi connectivity index (χ2n) is 7.13. The number of esters is 1. The Bertz CT molecular complexity index is 805. The van der Waals surface area contributed by atoms with Crippen LogP contribution in [0.3, 0.4) is 0 Å². The molecule has 0 atom stereocenters. The van der Waals surface area contributed by atoms with Crippen molar-refractivity contribution in [3.8, 4) is 5.75 Å². The van der Waals surface area contributed by atoms with E-state index in [9.17, 15) is 18.0 Å². The largest absolute Gasteiger partial charge is 0.496 e. The normalized spacial score (nSPS) is 16.0. The predicted octanol–water partition coefficient (Wildman–Crippen LogP) is 1.49. The van der Waals surface area contributed by atoms with Crippen LogP contribution in [-0.4, -0.2) is 64.5 Å². The number of ether oxygens (including phenoxy) is 3. The van der Waals surface area contributed by atoms with Crippen LogP contribution in [0.15, 0.2) is 23.1 Å². The van der Waals surface area contributed by atoms with Crippen LogP contribution in [0.1, 0.15) is 31.1 Å². The lowest BCUT2D eigenvalue weighted by Gasteiger charge is -2.26. The first-order chi connectivity index (χ1) is 12.6. The first kappa shape index (κ1) is 21.3. The second-order valence-corrected chi connectivity index (χ2v) is 9.07. The number of hydrogen-bond donors (Lipinski definition) is 0. The van der Waals surface area contributed by atoms with E-state index in [1.807, 2.05) is 0 Å². The molecule has 0 N–H and O–H groups in total. The van der Waals surface area contributed by atoms with E-state index in [0.717, 1.165) is 0 Å². The Morgan fingerprint density at radius 3 is 2.37 bits per heavy atom. The molecule has 2 rings (SSSR count). The molecule has 0 spiro atoms. The maximum Gasteiger partial charge on any atom is 0.342 e. The number of nitrogens with zero attached hydrogens (tertiary/aromatic N) is 1. The molecule has 150 valence electrons. The van der Waals surface area contributed by atoms with Gasteiger partial charge in [0.15, 0.2) is 12.4 Å². The first-order valence-electron chi connectivity index (χ1n) is 8.53. The minimum Gasteiger partial charge on any atom is -0.496 e. The highest BCUT2D eigenvalue weighted by molar-refractivity contribution is 7.89. The highest BCUT2D eigenvalue weighted by Crippen LogP contribution is 2.26. The Kier molecular flexibility index (Phi) is 6.61. The van der Waals surface area contributed by atoms with Crippen LogP contribution in [0.25, 0.3) is 0 Å². The smallest absolute Gasteiger partial charge is 0.342 e. The minimum absolute atomic E-state index is 0.0423. The standard InChI is InChI=1S/C18H25NO7S/c1-18(2,3)16(20)12-26-17(21)14-11-13(5-6-15(14)24-4)27(22,23)19-7-9-25-10-8-19/h5-6,11H,7-10,12H2,1-4H3. The lowest BCUT2D eigenvalue weighted by Crippen LogP contribution is -2.40. The number of methoxy groups -OCH3 is 1. The molecule has 1 heterocycles. The van der Waals surface area contributed by atoms with E-state index in [2.05, 4.69) is 0 Å². The van der Waals surface area contributed by atoms with Gasteiger partial charge in [0.25, 0.3) is 0 Å². The zero-order chi connectivity index (χ0) is 20.2. The summed E-state index contributed by atoms with van der Waals surface area (Å²) in [6.45, 7) is 5.89. The molecule has 0 aromatic heterocycles. The third kappa shape index (κ3) is 5.06. The average molecular weight is 399 g/mol. The predicted molar refractivity (Wildman–Crippen MR) is 97.3 cm³/mol. The molecule has 8 nitrogen and oxygen atoms in total. The van der Waals surface area contributed by atoms with Crippen LogP contribution in [-0.2, 0) is 24.3 Å². The van der Waals surface area contributed by atoms with Gasteiger partial charge in [-0.15, -0.1) is 0 Å². The summed E-state index contributed by atoms with van der Waals surface area (Å²) in [5.74, 6) is -0.889. The van der Waals surface area contributed by atoms with E-state index in [1.54, 1.807) is 20.8 Å². The summed E-state index contributed by atoms with van der Waals surface area (Å²) in [6, 6.07) is 3.99. The van der Waals surface area contributed by atoms with Gasteiger partial charge >= 0.3 is 5.97 Å². The quantitative estimate of drug-likeness (QED) is 0.668. The van der Waals surface area contributed by atoms with Crippen LogP contribution in [0, 0.1) is 5.41 Å². The van der Waals surface area contributed by atoms with Gasteiger partial charge in [0.05, 0.1) is 25.2 Å². The number of hydrogen-bond acceptors (Lipinski definition) is 7. The number of ketones is 1. The summed E-state index contributed by atoms with van der Waals surface area (Å²) in [5, 5.41) is 0. The number of carbonyl (C=O) groups is 2. The monoisotopic (exact) mass is 399 g/mol. The highest BCUT2D eigenvalue weighted by Gasteiger charge is 2.29. The zero-order valence-corrected chi connectivity index (χ0v) is 16.8. The summed E-state index contributed by atoms with van der Waals surface area (Å²) in [5.41, 5.74) is -0.695. The van der Waals surface area contributed by atoms with Crippen LogP contribution in [0.5, 0.6) is 5.75 Å². The molecule has 9 heteroatoms. The molecular weight excluding hydrogens is 374 g/mol. The van der Waals surface area contributed by atoms with Gasteiger partial charge in [-0.3, -0.25) is 4.79 Å². The van der Waals surface area contributed by atoms with E-state index in [1.165, 1.54) is 29.6 Å². The summed E-state index contributed by atoms with van der Waals surface area (Å²) < 4.78 is 42.3. The van der Waals surface area contributed by atoms with Crippen molar-refractivity contribution in [2.24, 2.45) is 5.41 Å². The van der Waals surface area contributed by atoms with Crippen molar-refractivity contribution in [3.63, 3.8) is 0 Å². The molecule has 0 bridgehead atoms. The van der Waals surface area contributed by atoms with Gasteiger partial charge in [-0.05, 0) is 18.2 Å². The van der Waals surface area contributed by atoms with Gasteiger partial charge in [0.2, 0.25) is 10.0 Å². The molecule has 0 unspecified atom stereocenters. The van der Waals surface area contributed by atoms with E-state index >= 15 is 0 Å². The average Bonchev–Trinajstić information content (AvgIpc) is 2.65. The van der Waals surface area contributed by atoms with Crippen molar-refractivity contribution in [1.82, 2.24) is 4.31 Å². The summed E-state index contributed by atoms with van der Waals surface area (Å²) in [6.07, 6.45) is 0. The van der Waals surface area contributed by atoms with E-state index in [-0.39, 0.29) is 35.1 Å². The minimum atomic E-state index is -3.77. The van der Waals surface area contributed by atoms with Crippen molar-refractivity contribution in [3.05, 3.63) is 23.8 Å². The molecule has 1 fully saturated rings. The SMILES string of the molecule is COc1ccc(S(=O)(=O)N2CCOCC2)cc1C(=O)OCC(=O)C(C)(C)C. The van der Waals surface area contributed by atoms with E-state index < -0.39 is 28.0 Å². The Balaban J connectivity index is 2.26. The van der Waals surface area contributed by atoms with E-state index in [4.69, 9.17) is 14.2 Å². The summed E-state index contributed by atoms with van der Waals surface area (Å²) >= 11 is 0. The zero-order valence-electron chi connectivity index (χ0n) is 16.0. The van der Waals surface area contributed by atoms with Gasteiger partial charge < -0.3 is 14.2 Å². The molecule has 0 radical (unpaired) electrons. The van der Waals surface area contributed by atoms with Crippen LogP contribution in [0.4, 0.5) is 0 Å². The summed E-state index contributed by atoms with van der Waals surface area (Å²) in [4.78, 5) is 24.4. The Morgan fingerprint density at radius 2 is 1.81 bits per heavy atom. The summed E-state index contributed by atoms with van der Waals surface area (Å²) in [7, 11) is -2.41. The maximum atomic E-state index is 12.8. The van der Waals surface area contributed by atoms with Crippen molar-refractivity contribution < 1.29 is 32.2 Å². The maximum absolute atomic E-state index is 12.8. The number of rotatable bonds is 6. The fourth-order valence-electron chi connectivity index (χ4n) is 2.37. The number of sulfonamides is 1. The molecule has 0 saturated carbocycles. The van der Waals surface area contributed by atoms with Crippen molar-refractivity contribution in [1.29, 1.82) is 0 Å². The molecule has 1 aliphatic rings.